The second kappa shape index (κ2) is 2.91. The van der Waals surface area contributed by atoms with Crippen LogP contribution in [0.4, 0.5) is 5.69 Å². The van der Waals surface area contributed by atoms with Crippen molar-refractivity contribution in [2.75, 3.05) is 5.32 Å². The number of anilines is 1. The summed E-state index contributed by atoms with van der Waals surface area (Å²) in [5.41, 5.74) is 2.63. The number of hydrogen-bond donors (Lipinski definition) is 1. The number of rotatable bonds is 0. The van der Waals surface area contributed by atoms with Crippen molar-refractivity contribution < 1.29 is 4.79 Å². The van der Waals surface area contributed by atoms with E-state index < -0.39 is 0 Å². The number of fused-ring (bicyclic) bond motifs is 3. The summed E-state index contributed by atoms with van der Waals surface area (Å²) >= 11 is 0. The number of amides is 1. The fourth-order valence-electron chi connectivity index (χ4n) is 1.72. The van der Waals surface area contributed by atoms with Gasteiger partial charge in [-0.1, -0.05) is 23.4 Å². The standard InChI is InChI=1S/C10H8N4O/c15-10-6-14-9(5-11-13-14)7-3-1-2-4-8(7)12-10/h1-5H,6H2,(H,12,15). The van der Waals surface area contributed by atoms with Crippen molar-refractivity contribution in [3.05, 3.63) is 30.5 Å². The number of carbonyl (C=O) groups excluding carboxylic acids is 1. The van der Waals surface area contributed by atoms with Crippen LogP contribution >= 0.6 is 0 Å². The molecule has 0 saturated heterocycles. The van der Waals surface area contributed by atoms with Gasteiger partial charge in [-0.2, -0.15) is 0 Å². The van der Waals surface area contributed by atoms with E-state index >= 15 is 0 Å². The SMILES string of the molecule is O=C1Cn2nncc2-c2ccccc2N1. The highest BCUT2D eigenvalue weighted by Crippen LogP contribution is 2.28. The van der Waals surface area contributed by atoms with Crippen molar-refractivity contribution in [3.8, 4) is 11.3 Å². The monoisotopic (exact) mass is 200 g/mol. The molecule has 0 unspecified atom stereocenters. The van der Waals surface area contributed by atoms with E-state index in [1.54, 1.807) is 10.9 Å². The van der Waals surface area contributed by atoms with Gasteiger partial charge in [0.1, 0.15) is 6.54 Å². The molecule has 3 rings (SSSR count). The third kappa shape index (κ3) is 1.20. The molecule has 1 N–H and O–H groups in total. The summed E-state index contributed by atoms with van der Waals surface area (Å²) in [5.74, 6) is -0.0771. The number of para-hydroxylation sites is 1. The van der Waals surface area contributed by atoms with Gasteiger partial charge in [-0.3, -0.25) is 4.79 Å². The molecule has 5 heteroatoms. The third-order valence-electron chi connectivity index (χ3n) is 2.39. The highest BCUT2D eigenvalue weighted by Gasteiger charge is 2.18. The quantitative estimate of drug-likeness (QED) is 0.687. The van der Waals surface area contributed by atoms with E-state index in [4.69, 9.17) is 0 Å². The van der Waals surface area contributed by atoms with Crippen LogP contribution in [-0.4, -0.2) is 20.9 Å². The van der Waals surface area contributed by atoms with Gasteiger partial charge in [-0.15, -0.1) is 5.10 Å². The molecule has 0 atom stereocenters. The highest BCUT2D eigenvalue weighted by atomic mass is 16.2. The van der Waals surface area contributed by atoms with Crippen LogP contribution in [-0.2, 0) is 11.3 Å². The van der Waals surface area contributed by atoms with Crippen LogP contribution in [0.3, 0.4) is 0 Å². The van der Waals surface area contributed by atoms with Crippen LogP contribution in [0.25, 0.3) is 11.3 Å². The molecule has 2 aromatic rings. The lowest BCUT2D eigenvalue weighted by Crippen LogP contribution is -2.17. The minimum absolute atomic E-state index is 0.0771. The number of hydrogen-bond acceptors (Lipinski definition) is 3. The molecule has 0 bridgehead atoms. The van der Waals surface area contributed by atoms with E-state index in [-0.39, 0.29) is 12.5 Å². The Morgan fingerprint density at radius 2 is 2.20 bits per heavy atom. The average molecular weight is 200 g/mol. The molecule has 2 heterocycles. The predicted octanol–water partition coefficient (Wildman–Crippen LogP) is 0.897. The van der Waals surface area contributed by atoms with Gasteiger partial charge in [0.15, 0.2) is 0 Å². The van der Waals surface area contributed by atoms with Crippen LogP contribution in [0.1, 0.15) is 0 Å². The zero-order valence-electron chi connectivity index (χ0n) is 7.84. The van der Waals surface area contributed by atoms with E-state index in [1.165, 1.54) is 0 Å². The number of nitrogens with zero attached hydrogens (tertiary/aromatic N) is 3. The van der Waals surface area contributed by atoms with Crippen molar-refractivity contribution >= 4 is 11.6 Å². The third-order valence-corrected chi connectivity index (χ3v) is 2.39. The Kier molecular flexibility index (Phi) is 1.58. The molecule has 15 heavy (non-hydrogen) atoms. The molecule has 0 aliphatic carbocycles. The van der Waals surface area contributed by atoms with Crippen molar-refractivity contribution in [3.63, 3.8) is 0 Å². The lowest BCUT2D eigenvalue weighted by atomic mass is 10.1. The predicted molar refractivity (Wildman–Crippen MR) is 54.1 cm³/mol. The minimum atomic E-state index is -0.0771. The van der Waals surface area contributed by atoms with Gasteiger partial charge >= 0.3 is 0 Å². The fourth-order valence-corrected chi connectivity index (χ4v) is 1.72. The van der Waals surface area contributed by atoms with Crippen molar-refractivity contribution in [1.82, 2.24) is 15.0 Å². The summed E-state index contributed by atoms with van der Waals surface area (Å²) in [6.07, 6.45) is 1.67. The fraction of sp³-hybridized carbons (Fsp3) is 0.100. The van der Waals surface area contributed by atoms with Crippen molar-refractivity contribution in [2.45, 2.75) is 6.54 Å². The molecule has 1 aliphatic rings. The minimum Gasteiger partial charge on any atom is -0.324 e. The van der Waals surface area contributed by atoms with Crippen molar-refractivity contribution in [1.29, 1.82) is 0 Å². The average Bonchev–Trinajstić information content (AvgIpc) is 2.62. The van der Waals surface area contributed by atoms with Crippen LogP contribution in [0, 0.1) is 0 Å². The number of nitrogens with one attached hydrogen (secondary N) is 1. The topological polar surface area (TPSA) is 59.8 Å². The van der Waals surface area contributed by atoms with Gasteiger partial charge in [0.05, 0.1) is 17.6 Å². The van der Waals surface area contributed by atoms with E-state index in [9.17, 15) is 4.79 Å². The van der Waals surface area contributed by atoms with Gasteiger partial charge in [-0.25, -0.2) is 4.68 Å². The zero-order valence-corrected chi connectivity index (χ0v) is 7.84. The van der Waals surface area contributed by atoms with E-state index in [0.29, 0.717) is 0 Å². The Morgan fingerprint density at radius 1 is 1.33 bits per heavy atom. The van der Waals surface area contributed by atoms with Crippen molar-refractivity contribution in [2.24, 2.45) is 0 Å². The lowest BCUT2D eigenvalue weighted by Gasteiger charge is -2.03. The van der Waals surface area contributed by atoms with E-state index in [1.807, 2.05) is 24.3 Å². The first-order valence-corrected chi connectivity index (χ1v) is 4.62. The van der Waals surface area contributed by atoms with Gasteiger partial charge < -0.3 is 5.32 Å². The first-order chi connectivity index (χ1) is 7.34. The molecule has 0 fully saturated rings. The van der Waals surface area contributed by atoms with Crippen LogP contribution in [0.5, 0.6) is 0 Å². The van der Waals surface area contributed by atoms with Gasteiger partial charge in [-0.05, 0) is 6.07 Å². The summed E-state index contributed by atoms with van der Waals surface area (Å²) in [4.78, 5) is 11.5. The molecule has 0 saturated carbocycles. The molecule has 1 aromatic carbocycles. The van der Waals surface area contributed by atoms with Crippen LogP contribution < -0.4 is 5.32 Å². The molecular formula is C10H8N4O. The lowest BCUT2D eigenvalue weighted by molar-refractivity contribution is -0.116. The smallest absolute Gasteiger partial charge is 0.246 e. The Balaban J connectivity index is 2.29. The Labute approximate surface area is 85.7 Å². The van der Waals surface area contributed by atoms with Gasteiger partial charge in [0.25, 0.3) is 0 Å². The number of aromatic nitrogens is 3. The highest BCUT2D eigenvalue weighted by molar-refractivity contribution is 5.96. The summed E-state index contributed by atoms with van der Waals surface area (Å²) < 4.78 is 1.60. The first kappa shape index (κ1) is 8.16. The summed E-state index contributed by atoms with van der Waals surface area (Å²) in [5, 5.41) is 10.5. The first-order valence-electron chi connectivity index (χ1n) is 4.62. The van der Waals surface area contributed by atoms with Crippen LogP contribution in [0.15, 0.2) is 30.5 Å². The van der Waals surface area contributed by atoms with Gasteiger partial charge in [0.2, 0.25) is 5.91 Å². The molecule has 74 valence electrons. The maximum absolute atomic E-state index is 11.5. The molecule has 0 radical (unpaired) electrons. The molecule has 1 aromatic heterocycles. The van der Waals surface area contributed by atoms with E-state index in [0.717, 1.165) is 16.9 Å². The normalized spacial score (nSPS) is 13.7. The maximum Gasteiger partial charge on any atom is 0.246 e. The zero-order chi connectivity index (χ0) is 10.3. The summed E-state index contributed by atoms with van der Waals surface area (Å²) in [6, 6.07) is 7.62. The van der Waals surface area contributed by atoms with E-state index in [2.05, 4.69) is 15.6 Å². The molecule has 0 spiro atoms. The number of carbonyl (C=O) groups is 1. The molecular weight excluding hydrogens is 192 g/mol. The van der Waals surface area contributed by atoms with Gasteiger partial charge in [0, 0.05) is 5.56 Å². The molecule has 1 aliphatic heterocycles. The maximum atomic E-state index is 11.5. The summed E-state index contributed by atoms with van der Waals surface area (Å²) in [6.45, 7) is 0.212. The second-order valence-corrected chi connectivity index (χ2v) is 3.37. The largest absolute Gasteiger partial charge is 0.324 e. The Bertz CT molecular complexity index is 532. The van der Waals surface area contributed by atoms with Crippen LogP contribution in [0.2, 0.25) is 0 Å². The number of benzene rings is 1. The second-order valence-electron chi connectivity index (χ2n) is 3.37. The molecule has 1 amide bonds. The Hall–Kier alpha value is -2.17. The summed E-state index contributed by atoms with van der Waals surface area (Å²) in [7, 11) is 0. The molecule has 5 nitrogen and oxygen atoms in total. The Morgan fingerprint density at radius 3 is 3.13 bits per heavy atom.